The van der Waals surface area contributed by atoms with Crippen LogP contribution in [0.1, 0.15) is 62.1 Å². The summed E-state index contributed by atoms with van der Waals surface area (Å²) in [5, 5.41) is 192. The number of benzene rings is 6. The highest BCUT2D eigenvalue weighted by Crippen LogP contribution is 2.57. The Hall–Kier alpha value is -11.5. The predicted molar refractivity (Wildman–Crippen MR) is 244 cm³/mol. The van der Waals surface area contributed by atoms with Crippen molar-refractivity contribution in [2.24, 2.45) is 0 Å². The van der Waals surface area contributed by atoms with E-state index in [0.29, 0.717) is 36.4 Å². The van der Waals surface area contributed by atoms with Crippen molar-refractivity contribution < 1.29 is 154 Å². The van der Waals surface area contributed by atoms with Crippen LogP contribution in [-0.2, 0) is 28.4 Å². The number of phenolic OH excluding ortho intramolecular Hbond substituents is 17. The Balaban J connectivity index is 1.28. The maximum absolute atomic E-state index is 14.9. The molecule has 31 nitrogen and oxygen atoms in total. The lowest BCUT2D eigenvalue weighted by Gasteiger charge is -2.44. The third-order valence-electron chi connectivity index (χ3n) is 12.2. The molecule has 3 aliphatic rings. The summed E-state index contributed by atoms with van der Waals surface area (Å²) < 4.78 is 39.2. The molecule has 1 saturated heterocycles. The zero-order chi connectivity index (χ0) is 57.7. The molecule has 31 heteroatoms. The van der Waals surface area contributed by atoms with E-state index in [1.807, 2.05) is 0 Å². The van der Waals surface area contributed by atoms with Gasteiger partial charge in [-0.1, -0.05) is 0 Å². The summed E-state index contributed by atoms with van der Waals surface area (Å²) >= 11 is 0. The smallest absolute Gasteiger partial charge is 0.340 e. The van der Waals surface area contributed by atoms with E-state index in [2.05, 4.69) is 0 Å². The fourth-order valence-corrected chi connectivity index (χ4v) is 8.52. The van der Waals surface area contributed by atoms with Crippen LogP contribution in [0.5, 0.6) is 109 Å². The largest absolute Gasteiger partial charge is 0.504 e. The Morgan fingerprint density at radius 2 is 0.810 bits per heavy atom. The number of rotatable bonds is 5. The van der Waals surface area contributed by atoms with Crippen LogP contribution in [0, 0.1) is 0 Å². The van der Waals surface area contributed by atoms with Gasteiger partial charge in [0.2, 0.25) is 46.9 Å². The predicted octanol–water partition coefficient (Wildman–Crippen LogP) is 2.55. The number of cyclic esters (lactones) is 1. The van der Waals surface area contributed by atoms with Gasteiger partial charge < -0.3 is 125 Å². The molecule has 5 atom stereocenters. The van der Waals surface area contributed by atoms with Gasteiger partial charge in [-0.15, -0.1) is 0 Å². The van der Waals surface area contributed by atoms with Crippen LogP contribution < -0.4 is 4.74 Å². The van der Waals surface area contributed by atoms with Gasteiger partial charge in [-0.05, 0) is 36.4 Å². The molecule has 6 aromatic carbocycles. The minimum Gasteiger partial charge on any atom is -0.504 e. The Kier molecular flexibility index (Phi) is 12.4. The van der Waals surface area contributed by atoms with E-state index in [-0.39, 0.29) is 6.07 Å². The number of carboxylic acids is 1. The second kappa shape index (κ2) is 18.7. The van der Waals surface area contributed by atoms with Gasteiger partial charge in [0.05, 0.1) is 27.8 Å². The van der Waals surface area contributed by atoms with Crippen molar-refractivity contribution >= 4 is 35.8 Å². The van der Waals surface area contributed by atoms with Crippen molar-refractivity contribution in [2.45, 2.75) is 30.7 Å². The molecule has 79 heavy (non-hydrogen) atoms. The van der Waals surface area contributed by atoms with Gasteiger partial charge in [0.15, 0.2) is 87.0 Å². The lowest BCUT2D eigenvalue weighted by Crippen LogP contribution is -2.63. The minimum atomic E-state index is -2.65. The van der Waals surface area contributed by atoms with E-state index in [0.717, 1.165) is 0 Å². The van der Waals surface area contributed by atoms with Crippen molar-refractivity contribution in [2.75, 3.05) is 6.61 Å². The number of carboxylic acid groups (broad SMARTS) is 1. The normalized spacial score (nSPS) is 18.7. The standard InChI is InChI=1S/C48H32O31/c49-15-1-9(2-16(50)27(15)56)43(68)79-48-41-40(77-46(71)11-4-18(52)29(58)33(62)24(11)25-12(47(72)78-41)5-19(53)30(59)34(25)63)39-22(74-48)8-73-44(69)10-3-17(51)28(57)32(61)23(10)26-13(45(70)76-39)6-21(55)38(35(26)64)75-37-14(42(66)67)7-20(54)31(60)36(37)65/h1-7,22,39-41,48-65H,8H2,(H,66,67)/t22-,39+,40-,41-,48+/m0/s1. The van der Waals surface area contributed by atoms with E-state index in [1.165, 1.54) is 0 Å². The van der Waals surface area contributed by atoms with Crippen LogP contribution in [0.2, 0.25) is 0 Å². The van der Waals surface area contributed by atoms with Gasteiger partial charge in [-0.3, -0.25) is 0 Å². The second-order valence-corrected chi connectivity index (χ2v) is 16.9. The van der Waals surface area contributed by atoms with E-state index in [4.69, 9.17) is 33.2 Å². The van der Waals surface area contributed by atoms with Gasteiger partial charge in [0, 0.05) is 28.3 Å². The monoisotopic (exact) mass is 1100 g/mol. The molecule has 0 saturated carbocycles. The first-order valence-electron chi connectivity index (χ1n) is 21.7. The average molecular weight is 1100 g/mol. The molecule has 410 valence electrons. The SMILES string of the molecule is O=C(O[C@H]1O[C@H]2COC(=O)c3cc(O)c(O)c(O)c3-c3c(cc(O)c(Oc4c(C(=O)O)cc(O)c(O)c4O)c3O)C(=O)O[C@H]2[C@@H]2OC(=O)c3cc(O)c(O)c(O)c3-c3c(cc(O)c(O)c3O)C(=O)O[C@H]12)c1cc(O)c(O)c(O)c1. The molecule has 0 aromatic heterocycles. The van der Waals surface area contributed by atoms with Gasteiger partial charge >= 0.3 is 35.8 Å². The van der Waals surface area contributed by atoms with Crippen LogP contribution in [0.4, 0.5) is 0 Å². The molecule has 0 spiro atoms. The Morgan fingerprint density at radius 3 is 1.29 bits per heavy atom. The highest BCUT2D eigenvalue weighted by molar-refractivity contribution is 6.10. The Bertz CT molecular complexity index is 3710. The molecule has 9 rings (SSSR count). The number of carbonyl (C=O) groups excluding carboxylic acids is 5. The first-order chi connectivity index (χ1) is 37.1. The lowest BCUT2D eigenvalue weighted by molar-refractivity contribution is -0.282. The topological polar surface area (TPSA) is 531 Å². The molecule has 0 radical (unpaired) electrons. The van der Waals surface area contributed by atoms with Gasteiger partial charge in [0.25, 0.3) is 0 Å². The lowest BCUT2D eigenvalue weighted by atomic mass is 9.91. The second-order valence-electron chi connectivity index (χ2n) is 16.9. The Morgan fingerprint density at radius 1 is 0.418 bits per heavy atom. The fourth-order valence-electron chi connectivity index (χ4n) is 8.52. The molecule has 0 aliphatic carbocycles. The summed E-state index contributed by atoms with van der Waals surface area (Å²) in [7, 11) is 0. The first kappa shape index (κ1) is 52.4. The number of hydrogen-bond donors (Lipinski definition) is 18. The van der Waals surface area contributed by atoms with Crippen molar-refractivity contribution in [1.82, 2.24) is 0 Å². The minimum absolute atomic E-state index is 0.281. The maximum Gasteiger partial charge on any atom is 0.340 e. The number of phenols is 17. The Labute approximate surface area is 433 Å². The zero-order valence-electron chi connectivity index (χ0n) is 38.5. The maximum atomic E-state index is 14.9. The number of esters is 5. The third kappa shape index (κ3) is 8.40. The molecule has 0 unspecified atom stereocenters. The van der Waals surface area contributed by atoms with E-state index in [9.17, 15) is 121 Å². The molecule has 3 aliphatic heterocycles. The summed E-state index contributed by atoms with van der Waals surface area (Å²) in [6.07, 6.45) is -12.8. The van der Waals surface area contributed by atoms with Crippen molar-refractivity contribution in [3.8, 4) is 131 Å². The molecule has 6 aromatic rings. The fraction of sp³-hybridized carbons (Fsp3) is 0.125. The van der Waals surface area contributed by atoms with Crippen LogP contribution in [0.15, 0.2) is 42.5 Å². The first-order valence-corrected chi connectivity index (χ1v) is 21.7. The van der Waals surface area contributed by atoms with Crippen molar-refractivity contribution in [3.05, 3.63) is 75.8 Å². The quantitative estimate of drug-likeness (QED) is 0.0670. The number of aromatic carboxylic acids is 1. The summed E-state index contributed by atoms with van der Waals surface area (Å²) in [6.45, 7) is -1.37. The number of ether oxygens (including phenoxy) is 7. The average Bonchev–Trinajstić information content (AvgIpc) is 3.68. The molecule has 1 fully saturated rings. The highest BCUT2D eigenvalue weighted by Gasteiger charge is 2.56. The van der Waals surface area contributed by atoms with E-state index < -0.39 is 238 Å². The summed E-state index contributed by atoms with van der Waals surface area (Å²) in [5.74, 6) is -37.6. The van der Waals surface area contributed by atoms with Gasteiger partial charge in [-0.25, -0.2) is 28.8 Å². The molecular weight excluding hydrogens is 1070 g/mol. The van der Waals surface area contributed by atoms with Gasteiger partial charge in [0.1, 0.15) is 18.3 Å². The van der Waals surface area contributed by atoms with Gasteiger partial charge in [-0.2, -0.15) is 0 Å². The van der Waals surface area contributed by atoms with Crippen LogP contribution >= 0.6 is 0 Å². The summed E-state index contributed by atoms with van der Waals surface area (Å²) in [5.41, 5.74) is -11.6. The molecule has 0 bridgehead atoms. The van der Waals surface area contributed by atoms with Crippen LogP contribution in [0.25, 0.3) is 22.3 Å². The number of aromatic hydroxyl groups is 17. The number of carbonyl (C=O) groups is 6. The zero-order valence-corrected chi connectivity index (χ0v) is 38.5. The van der Waals surface area contributed by atoms with Crippen LogP contribution in [-0.4, -0.2) is 165 Å². The summed E-state index contributed by atoms with van der Waals surface area (Å²) in [4.78, 5) is 84.4. The molecule has 18 N–H and O–H groups in total. The van der Waals surface area contributed by atoms with E-state index in [1.54, 1.807) is 0 Å². The van der Waals surface area contributed by atoms with Crippen molar-refractivity contribution in [1.29, 1.82) is 0 Å². The number of hydrogen-bond acceptors (Lipinski definition) is 30. The highest BCUT2D eigenvalue weighted by atomic mass is 16.7. The van der Waals surface area contributed by atoms with E-state index >= 15 is 0 Å². The number of fused-ring (bicyclic) bond motifs is 9. The molecular formula is C48H32O31. The third-order valence-corrected chi connectivity index (χ3v) is 12.2. The van der Waals surface area contributed by atoms with Crippen LogP contribution in [0.3, 0.4) is 0 Å². The van der Waals surface area contributed by atoms with Crippen molar-refractivity contribution in [3.63, 3.8) is 0 Å². The molecule has 3 heterocycles. The summed E-state index contributed by atoms with van der Waals surface area (Å²) in [6, 6.07) is 2.77. The molecule has 0 amide bonds.